The van der Waals surface area contributed by atoms with Crippen LogP contribution in [-0.4, -0.2) is 20.3 Å². The number of benzene rings is 5. The van der Waals surface area contributed by atoms with Gasteiger partial charge in [-0.15, -0.1) is 0 Å². The van der Waals surface area contributed by atoms with Crippen molar-refractivity contribution < 1.29 is 0 Å². The smallest absolute Gasteiger partial charge is 0.0361 e. The molecule has 0 amide bonds. The molecule has 5 rings (SSSR count). The number of anilines is 1. The second-order valence-corrected chi connectivity index (χ2v) is 14.4. The van der Waals surface area contributed by atoms with Gasteiger partial charge in [-0.3, -0.25) is 0 Å². The Hall–Kier alpha value is -3.24. The van der Waals surface area contributed by atoms with Crippen LogP contribution in [-0.2, 0) is 0 Å². The third kappa shape index (κ3) is 6.42. The molecule has 0 radical (unpaired) electrons. The molecule has 1 unspecified atom stereocenters. The average Bonchev–Trinajstić information content (AvgIpc) is 2.99. The maximum Gasteiger partial charge on any atom is 0.0361 e. The first-order valence-corrected chi connectivity index (χ1v) is 16.2. The number of hydrogen-bond donors (Lipinski definition) is 0. The molecule has 190 valence electrons. The molecule has 5 aromatic carbocycles. The molecule has 0 fully saturated rings. The van der Waals surface area contributed by atoms with Crippen LogP contribution in [0.2, 0.25) is 0 Å². The summed E-state index contributed by atoms with van der Waals surface area (Å²) in [6.07, 6.45) is 2.29. The van der Waals surface area contributed by atoms with Gasteiger partial charge in [0.15, 0.2) is 0 Å². The third-order valence-corrected chi connectivity index (χ3v) is 12.4. The van der Waals surface area contributed by atoms with E-state index in [9.17, 15) is 0 Å². The van der Waals surface area contributed by atoms with E-state index < -0.39 is 15.8 Å². The van der Waals surface area contributed by atoms with Crippen LogP contribution in [0, 0.1) is 0 Å². The molecule has 1 atom stereocenters. The molecule has 38 heavy (non-hydrogen) atoms. The molecule has 0 N–H and O–H groups in total. The Balaban J connectivity index is 1.57. The maximum absolute atomic E-state index is 2.37. The summed E-state index contributed by atoms with van der Waals surface area (Å²) in [4.78, 5) is 2.18. The molecular weight excluding hydrogens is 496 g/mol. The second kappa shape index (κ2) is 13.0. The van der Waals surface area contributed by atoms with Gasteiger partial charge in [0.1, 0.15) is 0 Å². The summed E-state index contributed by atoms with van der Waals surface area (Å²) in [6, 6.07) is 53.9. The molecule has 0 aliphatic carbocycles. The van der Waals surface area contributed by atoms with Crippen LogP contribution in [0.4, 0.5) is 5.69 Å². The van der Waals surface area contributed by atoms with Crippen LogP contribution in [0.1, 0.15) is 17.6 Å². The van der Waals surface area contributed by atoms with Gasteiger partial charge in [0, 0.05) is 25.4 Å². The van der Waals surface area contributed by atoms with Crippen molar-refractivity contribution in [3.05, 3.63) is 151 Å². The summed E-state index contributed by atoms with van der Waals surface area (Å²) in [5.74, 6) is 0. The van der Waals surface area contributed by atoms with Gasteiger partial charge < -0.3 is 4.90 Å². The first-order valence-electron chi connectivity index (χ1n) is 13.2. The molecule has 0 aromatic heterocycles. The maximum atomic E-state index is 2.37. The lowest BCUT2D eigenvalue weighted by atomic mass is 10.1. The van der Waals surface area contributed by atoms with Crippen molar-refractivity contribution in [3.63, 3.8) is 0 Å². The van der Waals surface area contributed by atoms with Crippen molar-refractivity contribution >= 4 is 42.7 Å². The lowest BCUT2D eigenvalue weighted by Gasteiger charge is -2.31. The number of nitrogens with zero attached hydrogens (tertiary/aromatic N) is 1. The standard InChI is InChI=1S/C35H35NP2/c1-36(2)30-25-23-29(24-26-30)35(38(33-19-11-5-12-20-33)34-21-13-6-14-22-34)27-28-37(31-15-7-3-8-16-31)32-17-9-4-10-18-32/h3-26,35H,27-28H2,1-2H3. The van der Waals surface area contributed by atoms with E-state index in [1.54, 1.807) is 0 Å². The minimum atomic E-state index is -0.587. The first kappa shape index (κ1) is 26.4. The Morgan fingerprint density at radius 2 is 0.895 bits per heavy atom. The molecular formula is C35H35NP2. The fourth-order valence-electron chi connectivity index (χ4n) is 5.00. The molecule has 1 nitrogen and oxygen atoms in total. The zero-order valence-electron chi connectivity index (χ0n) is 22.2. The predicted octanol–water partition coefficient (Wildman–Crippen LogP) is 7.45. The molecule has 3 heteroatoms. The van der Waals surface area contributed by atoms with E-state index in [1.165, 1.54) is 32.5 Å². The van der Waals surface area contributed by atoms with Crippen molar-refractivity contribution in [3.8, 4) is 0 Å². The summed E-state index contributed by atoms with van der Waals surface area (Å²) in [5.41, 5.74) is 3.10. The van der Waals surface area contributed by atoms with Crippen LogP contribution in [0.5, 0.6) is 0 Å². The van der Waals surface area contributed by atoms with Crippen molar-refractivity contribution in [2.45, 2.75) is 12.1 Å². The highest BCUT2D eigenvalue weighted by Gasteiger charge is 2.28. The van der Waals surface area contributed by atoms with Crippen LogP contribution in [0.15, 0.2) is 146 Å². The van der Waals surface area contributed by atoms with Crippen LogP contribution >= 0.6 is 15.8 Å². The van der Waals surface area contributed by atoms with Gasteiger partial charge in [-0.05, 0) is 67.3 Å². The SMILES string of the molecule is CN(C)c1ccc(C(CCP(c2ccccc2)c2ccccc2)P(c2ccccc2)c2ccccc2)cc1. The Bertz CT molecular complexity index is 1290. The van der Waals surface area contributed by atoms with Crippen molar-refractivity contribution in [1.29, 1.82) is 0 Å². The van der Waals surface area contributed by atoms with Gasteiger partial charge >= 0.3 is 0 Å². The quantitative estimate of drug-likeness (QED) is 0.169. The molecule has 0 saturated heterocycles. The van der Waals surface area contributed by atoms with E-state index in [0.717, 1.165) is 12.6 Å². The lowest BCUT2D eigenvalue weighted by Crippen LogP contribution is -2.20. The molecule has 0 spiro atoms. The largest absolute Gasteiger partial charge is 0.378 e. The molecule has 0 aliphatic rings. The molecule has 0 saturated carbocycles. The second-order valence-electron chi connectivity index (χ2n) is 9.65. The van der Waals surface area contributed by atoms with Gasteiger partial charge in [-0.1, -0.05) is 133 Å². The van der Waals surface area contributed by atoms with E-state index in [4.69, 9.17) is 0 Å². The fourth-order valence-corrected chi connectivity index (χ4v) is 10.5. The summed E-state index contributed by atoms with van der Waals surface area (Å²) < 4.78 is 0. The topological polar surface area (TPSA) is 3.24 Å². The van der Waals surface area contributed by atoms with Crippen LogP contribution in [0.25, 0.3) is 0 Å². The molecule has 0 heterocycles. The number of rotatable bonds is 10. The normalized spacial score (nSPS) is 12.0. The fraction of sp³-hybridized carbons (Fsp3) is 0.143. The minimum absolute atomic E-state index is 0.420. The van der Waals surface area contributed by atoms with E-state index in [2.05, 4.69) is 165 Å². The number of hydrogen-bond acceptors (Lipinski definition) is 1. The van der Waals surface area contributed by atoms with Gasteiger partial charge in [-0.25, -0.2) is 0 Å². The van der Waals surface area contributed by atoms with Gasteiger partial charge in [0.2, 0.25) is 0 Å². The Morgan fingerprint density at radius 3 is 1.29 bits per heavy atom. The lowest BCUT2D eigenvalue weighted by molar-refractivity contribution is 0.895. The van der Waals surface area contributed by atoms with Gasteiger partial charge in [0.25, 0.3) is 0 Å². The first-order chi connectivity index (χ1) is 18.7. The van der Waals surface area contributed by atoms with Gasteiger partial charge in [-0.2, -0.15) is 0 Å². The van der Waals surface area contributed by atoms with E-state index in [0.29, 0.717) is 5.66 Å². The molecule has 0 aliphatic heterocycles. The van der Waals surface area contributed by atoms with Crippen LogP contribution in [0.3, 0.4) is 0 Å². The Labute approximate surface area is 230 Å². The van der Waals surface area contributed by atoms with E-state index in [-0.39, 0.29) is 0 Å². The van der Waals surface area contributed by atoms with E-state index in [1.807, 2.05) is 0 Å². The average molecular weight is 532 g/mol. The van der Waals surface area contributed by atoms with Crippen molar-refractivity contribution in [2.24, 2.45) is 0 Å². The monoisotopic (exact) mass is 531 g/mol. The third-order valence-electron chi connectivity index (χ3n) is 6.94. The zero-order chi connectivity index (χ0) is 26.2. The Kier molecular flexibility index (Phi) is 9.03. The van der Waals surface area contributed by atoms with Gasteiger partial charge in [0.05, 0.1) is 0 Å². The van der Waals surface area contributed by atoms with Crippen molar-refractivity contribution in [2.75, 3.05) is 25.2 Å². The minimum Gasteiger partial charge on any atom is -0.378 e. The highest BCUT2D eigenvalue weighted by atomic mass is 31.1. The molecule has 5 aromatic rings. The highest BCUT2D eigenvalue weighted by molar-refractivity contribution is 7.74. The summed E-state index contributed by atoms with van der Waals surface area (Å²) >= 11 is 0. The predicted molar refractivity (Wildman–Crippen MR) is 171 cm³/mol. The molecule has 0 bridgehead atoms. The summed E-state index contributed by atoms with van der Waals surface area (Å²) in [5, 5.41) is 5.80. The van der Waals surface area contributed by atoms with E-state index >= 15 is 0 Å². The van der Waals surface area contributed by atoms with Crippen molar-refractivity contribution in [1.82, 2.24) is 0 Å². The zero-order valence-corrected chi connectivity index (χ0v) is 24.0. The van der Waals surface area contributed by atoms with Crippen LogP contribution < -0.4 is 26.1 Å². The highest BCUT2D eigenvalue weighted by Crippen LogP contribution is 2.53. The summed E-state index contributed by atoms with van der Waals surface area (Å²) in [6.45, 7) is 0. The summed E-state index contributed by atoms with van der Waals surface area (Å²) in [7, 11) is 3.18. The Morgan fingerprint density at radius 1 is 0.500 bits per heavy atom.